The third-order valence-electron chi connectivity index (χ3n) is 5.23. The summed E-state index contributed by atoms with van der Waals surface area (Å²) in [6, 6.07) is 12.0. The molecule has 2 amide bonds. The Balaban J connectivity index is 2.34. The van der Waals surface area contributed by atoms with Gasteiger partial charge in [-0.1, -0.05) is 55.2 Å². The maximum atomic E-state index is 13.4. The Morgan fingerprint density at radius 1 is 1.10 bits per heavy atom. The summed E-state index contributed by atoms with van der Waals surface area (Å²) in [5.41, 5.74) is 1.55. The van der Waals surface area contributed by atoms with Gasteiger partial charge in [0.1, 0.15) is 11.8 Å². The van der Waals surface area contributed by atoms with E-state index < -0.39 is 6.04 Å². The summed E-state index contributed by atoms with van der Waals surface area (Å²) in [5.74, 6) is 0.358. The van der Waals surface area contributed by atoms with Crippen LogP contribution in [0.3, 0.4) is 0 Å². The molecule has 2 aromatic carbocycles. The van der Waals surface area contributed by atoms with Gasteiger partial charge in [-0.2, -0.15) is 0 Å². The van der Waals surface area contributed by atoms with Gasteiger partial charge < -0.3 is 15.0 Å². The molecule has 1 N–H and O–H groups in total. The predicted octanol–water partition coefficient (Wildman–Crippen LogP) is 5.27. The Labute approximate surface area is 194 Å². The summed E-state index contributed by atoms with van der Waals surface area (Å²) in [7, 11) is 1.60. The minimum atomic E-state index is -0.598. The highest BCUT2D eigenvalue weighted by atomic mass is 35.5. The SMILES string of the molecule is CC[C@@H](C)NC(=O)[C@H](CC)N(Cc1cccc(OC)c1)C(=O)Cc1ccc(Cl)cc1Cl. The van der Waals surface area contributed by atoms with Gasteiger partial charge in [-0.15, -0.1) is 0 Å². The van der Waals surface area contributed by atoms with Gasteiger partial charge in [0.2, 0.25) is 11.8 Å². The van der Waals surface area contributed by atoms with E-state index in [2.05, 4.69) is 5.32 Å². The topological polar surface area (TPSA) is 58.6 Å². The molecule has 2 atom stereocenters. The Hall–Kier alpha value is -2.24. The molecule has 0 bridgehead atoms. The second kappa shape index (κ2) is 12.0. The average Bonchev–Trinajstić information content (AvgIpc) is 2.75. The van der Waals surface area contributed by atoms with Gasteiger partial charge in [-0.25, -0.2) is 0 Å². The number of nitrogens with one attached hydrogen (secondary N) is 1. The van der Waals surface area contributed by atoms with Crippen LogP contribution < -0.4 is 10.1 Å². The van der Waals surface area contributed by atoms with Crippen LogP contribution in [0.5, 0.6) is 5.75 Å². The first kappa shape index (κ1) is 25.0. The van der Waals surface area contributed by atoms with Crippen LogP contribution in [0.2, 0.25) is 10.0 Å². The third-order valence-corrected chi connectivity index (χ3v) is 5.82. The van der Waals surface area contributed by atoms with Gasteiger partial charge in [0.05, 0.1) is 13.5 Å². The van der Waals surface area contributed by atoms with E-state index in [1.54, 1.807) is 30.2 Å². The van der Waals surface area contributed by atoms with Crippen LogP contribution in [-0.2, 0) is 22.6 Å². The summed E-state index contributed by atoms with van der Waals surface area (Å²) in [6.07, 6.45) is 1.38. The van der Waals surface area contributed by atoms with Crippen molar-refractivity contribution in [2.75, 3.05) is 7.11 Å². The van der Waals surface area contributed by atoms with Crippen molar-refractivity contribution in [3.63, 3.8) is 0 Å². The molecule has 0 saturated carbocycles. The lowest BCUT2D eigenvalue weighted by Gasteiger charge is -2.31. The number of carbonyl (C=O) groups is 2. The fourth-order valence-electron chi connectivity index (χ4n) is 3.26. The minimum absolute atomic E-state index is 0.0287. The normalized spacial score (nSPS) is 12.7. The van der Waals surface area contributed by atoms with Gasteiger partial charge in [0, 0.05) is 22.6 Å². The number of nitrogens with zero attached hydrogens (tertiary/aromatic N) is 1. The van der Waals surface area contributed by atoms with E-state index in [1.165, 1.54) is 0 Å². The number of methoxy groups -OCH3 is 1. The first-order valence-electron chi connectivity index (χ1n) is 10.5. The fraction of sp³-hybridized carbons (Fsp3) is 0.417. The lowest BCUT2D eigenvalue weighted by Crippen LogP contribution is -2.51. The van der Waals surface area contributed by atoms with Crippen molar-refractivity contribution >= 4 is 35.0 Å². The summed E-state index contributed by atoms with van der Waals surface area (Å²) in [4.78, 5) is 28.0. The molecular formula is C24H30Cl2N2O3. The van der Waals surface area contributed by atoms with Crippen LogP contribution in [0.25, 0.3) is 0 Å². The van der Waals surface area contributed by atoms with E-state index in [-0.39, 0.29) is 30.8 Å². The van der Waals surface area contributed by atoms with E-state index in [1.807, 2.05) is 45.0 Å². The van der Waals surface area contributed by atoms with Crippen molar-refractivity contribution in [3.8, 4) is 5.75 Å². The van der Waals surface area contributed by atoms with Gasteiger partial charge in [-0.3, -0.25) is 9.59 Å². The van der Waals surface area contributed by atoms with Gasteiger partial charge in [-0.05, 0) is 55.2 Å². The van der Waals surface area contributed by atoms with Crippen LogP contribution in [0.4, 0.5) is 0 Å². The van der Waals surface area contributed by atoms with E-state index in [9.17, 15) is 9.59 Å². The number of hydrogen-bond donors (Lipinski definition) is 1. The highest BCUT2D eigenvalue weighted by molar-refractivity contribution is 6.35. The van der Waals surface area contributed by atoms with Crippen LogP contribution in [0.15, 0.2) is 42.5 Å². The molecule has 0 aliphatic heterocycles. The Kier molecular flexibility index (Phi) is 9.66. The minimum Gasteiger partial charge on any atom is -0.497 e. The number of hydrogen-bond acceptors (Lipinski definition) is 3. The molecule has 0 heterocycles. The zero-order valence-electron chi connectivity index (χ0n) is 18.5. The van der Waals surface area contributed by atoms with Gasteiger partial charge in [0.15, 0.2) is 0 Å². The van der Waals surface area contributed by atoms with Crippen molar-refractivity contribution in [2.24, 2.45) is 0 Å². The van der Waals surface area contributed by atoms with Gasteiger partial charge in [0.25, 0.3) is 0 Å². The summed E-state index contributed by atoms with van der Waals surface area (Å²) in [5, 5.41) is 3.94. The number of halogens is 2. The lowest BCUT2D eigenvalue weighted by molar-refractivity contribution is -0.141. The molecule has 2 aromatic rings. The van der Waals surface area contributed by atoms with Crippen LogP contribution in [0, 0.1) is 0 Å². The second-order valence-electron chi connectivity index (χ2n) is 7.53. The largest absolute Gasteiger partial charge is 0.497 e. The van der Waals surface area contributed by atoms with E-state index >= 15 is 0 Å². The molecule has 0 aromatic heterocycles. The van der Waals surface area contributed by atoms with E-state index in [4.69, 9.17) is 27.9 Å². The molecule has 0 aliphatic rings. The number of amides is 2. The van der Waals surface area contributed by atoms with Crippen molar-refractivity contribution in [1.82, 2.24) is 10.2 Å². The van der Waals surface area contributed by atoms with Crippen molar-refractivity contribution in [3.05, 3.63) is 63.6 Å². The van der Waals surface area contributed by atoms with Gasteiger partial charge >= 0.3 is 0 Å². The molecule has 0 unspecified atom stereocenters. The Morgan fingerprint density at radius 3 is 2.45 bits per heavy atom. The van der Waals surface area contributed by atoms with E-state index in [0.717, 1.165) is 12.0 Å². The molecule has 0 fully saturated rings. The number of benzene rings is 2. The molecule has 0 saturated heterocycles. The molecular weight excluding hydrogens is 435 g/mol. The van der Waals surface area contributed by atoms with Crippen molar-refractivity contribution in [1.29, 1.82) is 0 Å². The molecule has 0 spiro atoms. The highest BCUT2D eigenvalue weighted by Crippen LogP contribution is 2.23. The third kappa shape index (κ3) is 7.15. The second-order valence-corrected chi connectivity index (χ2v) is 8.37. The quantitative estimate of drug-likeness (QED) is 0.520. The zero-order chi connectivity index (χ0) is 23.0. The average molecular weight is 465 g/mol. The van der Waals surface area contributed by atoms with E-state index in [0.29, 0.717) is 27.8 Å². The summed E-state index contributed by atoms with van der Waals surface area (Å²) >= 11 is 12.3. The predicted molar refractivity (Wildman–Crippen MR) is 126 cm³/mol. The maximum absolute atomic E-state index is 13.4. The molecule has 0 aliphatic carbocycles. The molecule has 168 valence electrons. The van der Waals surface area contributed by atoms with Crippen molar-refractivity contribution in [2.45, 2.75) is 58.7 Å². The molecule has 31 heavy (non-hydrogen) atoms. The first-order chi connectivity index (χ1) is 14.8. The fourth-order valence-corrected chi connectivity index (χ4v) is 3.73. The number of carbonyl (C=O) groups excluding carboxylic acids is 2. The standard InChI is InChI=1S/C24H30Cl2N2O3/c1-5-16(3)27-24(30)22(6-2)28(15-17-8-7-9-20(12-17)31-4)23(29)13-18-10-11-19(25)14-21(18)26/h7-12,14,16,22H,5-6,13,15H2,1-4H3,(H,27,30)/t16-,22+/m1/s1. The zero-order valence-corrected chi connectivity index (χ0v) is 20.0. The Bertz CT molecular complexity index is 904. The Morgan fingerprint density at radius 2 is 1.84 bits per heavy atom. The molecule has 5 nitrogen and oxygen atoms in total. The maximum Gasteiger partial charge on any atom is 0.243 e. The smallest absolute Gasteiger partial charge is 0.243 e. The number of ether oxygens (including phenoxy) is 1. The van der Waals surface area contributed by atoms with Crippen molar-refractivity contribution < 1.29 is 14.3 Å². The molecule has 7 heteroatoms. The van der Waals surface area contributed by atoms with Crippen LogP contribution in [0.1, 0.15) is 44.7 Å². The molecule has 0 radical (unpaired) electrons. The first-order valence-corrected chi connectivity index (χ1v) is 11.2. The van der Waals surface area contributed by atoms with Crippen LogP contribution >= 0.6 is 23.2 Å². The lowest BCUT2D eigenvalue weighted by atomic mass is 10.1. The number of rotatable bonds is 10. The summed E-state index contributed by atoms with van der Waals surface area (Å²) < 4.78 is 5.31. The highest BCUT2D eigenvalue weighted by Gasteiger charge is 2.29. The molecule has 2 rings (SSSR count). The summed E-state index contributed by atoms with van der Waals surface area (Å²) in [6.45, 7) is 6.15. The monoisotopic (exact) mass is 464 g/mol. The van der Waals surface area contributed by atoms with Crippen LogP contribution in [-0.4, -0.2) is 35.9 Å².